The molecule has 3 aromatic carbocycles. The minimum atomic E-state index is -1.81. The summed E-state index contributed by atoms with van der Waals surface area (Å²) in [5.41, 5.74) is -0.853. The summed E-state index contributed by atoms with van der Waals surface area (Å²) in [6.07, 6.45) is -6.90. The van der Waals surface area contributed by atoms with Crippen molar-refractivity contribution in [1.82, 2.24) is 0 Å². The summed E-state index contributed by atoms with van der Waals surface area (Å²) in [7, 11) is 0. The van der Waals surface area contributed by atoms with Crippen molar-refractivity contribution in [3.63, 3.8) is 0 Å². The number of carbonyl (C=O) groups is 2. The van der Waals surface area contributed by atoms with Crippen LogP contribution in [0.3, 0.4) is 0 Å². The lowest BCUT2D eigenvalue weighted by molar-refractivity contribution is -0.232. The summed E-state index contributed by atoms with van der Waals surface area (Å²) in [5, 5.41) is 88.8. The fraction of sp³-hybridized carbons (Fsp3) is 0.233. The zero-order valence-electron chi connectivity index (χ0n) is 22.7. The Balaban J connectivity index is 0.000000229. The minimum Gasteiger partial charge on any atom is -0.507 e. The number of carbonyl (C=O) groups excluding carboxylic acids is 2. The van der Waals surface area contributed by atoms with Crippen LogP contribution in [-0.4, -0.2) is 88.5 Å². The van der Waals surface area contributed by atoms with Gasteiger partial charge in [-0.2, -0.15) is 0 Å². The van der Waals surface area contributed by atoms with E-state index in [0.717, 1.165) is 18.2 Å². The number of aliphatic hydroxyl groups is 4. The molecule has 0 unspecified atom stereocenters. The van der Waals surface area contributed by atoms with Crippen LogP contribution in [0.1, 0.15) is 39.3 Å². The van der Waals surface area contributed by atoms with Crippen LogP contribution >= 0.6 is 0 Å². The molecular weight excluding hydrogens is 584 g/mol. The van der Waals surface area contributed by atoms with Gasteiger partial charge in [0.15, 0.2) is 23.1 Å². The Morgan fingerprint density at radius 2 is 1.45 bits per heavy atom. The van der Waals surface area contributed by atoms with E-state index < -0.39 is 76.5 Å². The predicted molar refractivity (Wildman–Crippen MR) is 150 cm³/mol. The van der Waals surface area contributed by atoms with Crippen LogP contribution in [0, 0.1) is 0 Å². The second kappa shape index (κ2) is 11.3. The van der Waals surface area contributed by atoms with Crippen LogP contribution in [0.2, 0.25) is 0 Å². The SMILES string of the molecule is CC1=CC(=O)c2c(O)cccc2C1=O.O=c1c2cc(O)c(O)cc2oc2cc(O)c([C@@H]3O[C@H](CO)[C@@H](O)[C@H](O)[C@H]3O)c(O)c12. The molecule has 1 aliphatic carbocycles. The summed E-state index contributed by atoms with van der Waals surface area (Å²) < 4.78 is 10.8. The molecule has 0 bridgehead atoms. The first kappa shape index (κ1) is 30.5. The molecule has 1 aromatic heterocycles. The van der Waals surface area contributed by atoms with E-state index in [0.29, 0.717) is 5.57 Å². The van der Waals surface area contributed by atoms with Gasteiger partial charge in [0.1, 0.15) is 64.3 Å². The van der Waals surface area contributed by atoms with Gasteiger partial charge in [0.05, 0.1) is 23.1 Å². The largest absolute Gasteiger partial charge is 0.507 e. The maximum atomic E-state index is 12.9. The van der Waals surface area contributed by atoms with E-state index in [1.165, 1.54) is 12.1 Å². The third-order valence-electron chi connectivity index (χ3n) is 7.47. The van der Waals surface area contributed by atoms with Crippen molar-refractivity contribution in [3.05, 3.63) is 75.0 Å². The van der Waals surface area contributed by atoms with Crippen LogP contribution in [-0.2, 0) is 4.74 Å². The van der Waals surface area contributed by atoms with Gasteiger partial charge < -0.3 is 55.1 Å². The van der Waals surface area contributed by atoms with Crippen molar-refractivity contribution in [3.8, 4) is 28.7 Å². The number of aromatic hydroxyl groups is 5. The van der Waals surface area contributed by atoms with E-state index in [1.807, 2.05) is 0 Å². The summed E-state index contributed by atoms with van der Waals surface area (Å²) in [6, 6.07) is 7.40. The Morgan fingerprint density at radius 3 is 2.14 bits per heavy atom. The Hall–Kier alpha value is -4.99. The first-order chi connectivity index (χ1) is 20.8. The average molecular weight is 611 g/mol. The van der Waals surface area contributed by atoms with Crippen molar-refractivity contribution in [2.24, 2.45) is 0 Å². The zero-order valence-corrected chi connectivity index (χ0v) is 22.7. The molecule has 4 aromatic rings. The molecule has 44 heavy (non-hydrogen) atoms. The molecule has 0 radical (unpaired) electrons. The van der Waals surface area contributed by atoms with Gasteiger partial charge in [-0.3, -0.25) is 14.4 Å². The number of allylic oxidation sites excluding steroid dienone is 2. The van der Waals surface area contributed by atoms with Crippen molar-refractivity contribution < 1.29 is 64.7 Å². The molecule has 2 heterocycles. The highest BCUT2D eigenvalue weighted by atomic mass is 16.5. The lowest BCUT2D eigenvalue weighted by Gasteiger charge is -2.40. The topological polar surface area (TPSA) is 256 Å². The molecule has 5 atom stereocenters. The van der Waals surface area contributed by atoms with Crippen LogP contribution in [0.4, 0.5) is 0 Å². The van der Waals surface area contributed by atoms with Crippen molar-refractivity contribution in [2.45, 2.75) is 37.4 Å². The van der Waals surface area contributed by atoms with Gasteiger partial charge >= 0.3 is 0 Å². The van der Waals surface area contributed by atoms with Gasteiger partial charge in [-0.1, -0.05) is 12.1 Å². The van der Waals surface area contributed by atoms with Crippen molar-refractivity contribution >= 4 is 33.5 Å². The number of phenolic OH excluding ortho intramolecular Hbond substituents is 5. The molecule has 230 valence electrons. The lowest BCUT2D eigenvalue weighted by atomic mass is 9.89. The summed E-state index contributed by atoms with van der Waals surface area (Å²) >= 11 is 0. The third-order valence-corrected chi connectivity index (χ3v) is 7.47. The second-order valence-corrected chi connectivity index (χ2v) is 10.3. The first-order valence-electron chi connectivity index (χ1n) is 13.0. The number of benzene rings is 3. The number of rotatable bonds is 2. The van der Waals surface area contributed by atoms with E-state index >= 15 is 0 Å². The summed E-state index contributed by atoms with van der Waals surface area (Å²) in [5.74, 6) is -3.26. The number of hydrogen-bond donors (Lipinski definition) is 9. The smallest absolute Gasteiger partial charge is 0.204 e. The van der Waals surface area contributed by atoms with E-state index in [4.69, 9.17) is 9.15 Å². The Kier molecular flexibility index (Phi) is 7.79. The third kappa shape index (κ3) is 4.90. The van der Waals surface area contributed by atoms with Crippen LogP contribution in [0.25, 0.3) is 21.9 Å². The van der Waals surface area contributed by atoms with Crippen molar-refractivity contribution in [1.29, 1.82) is 0 Å². The van der Waals surface area contributed by atoms with Crippen LogP contribution in [0.15, 0.2) is 57.3 Å². The Labute approximate surface area is 246 Å². The quantitative estimate of drug-likeness (QED) is 0.113. The number of Topliss-reactive ketones (excluding diaryl/α,β-unsaturated/α-hetero) is 1. The highest BCUT2D eigenvalue weighted by Crippen LogP contribution is 2.45. The fourth-order valence-electron chi connectivity index (χ4n) is 5.18. The van der Waals surface area contributed by atoms with Gasteiger partial charge in [-0.15, -0.1) is 0 Å². The Bertz CT molecular complexity index is 1920. The standard InChI is InChI=1S/C19H18O11.C11H8O3/c20-4-11-15(25)17(27)18(28)19(30-11)12-8(23)3-10-13(16(12)26)14(24)5-1-6(21)7(22)2-9(5)29-10;1-6-5-9(13)10-7(11(6)14)3-2-4-8(10)12/h1-3,11,15,17-23,25-28H,4H2;2-5,12H,1H3/t11-,15-,17+,18-,19+;/m1./s1. The van der Waals surface area contributed by atoms with E-state index in [1.54, 1.807) is 19.1 Å². The normalized spacial score (nSPS) is 23.2. The van der Waals surface area contributed by atoms with Crippen LogP contribution < -0.4 is 5.43 Å². The number of ether oxygens (including phenoxy) is 1. The number of fused-ring (bicyclic) bond motifs is 3. The summed E-state index contributed by atoms with van der Waals surface area (Å²) in [6.45, 7) is 0.860. The van der Waals surface area contributed by atoms with Gasteiger partial charge in [0, 0.05) is 23.3 Å². The highest BCUT2D eigenvalue weighted by Gasteiger charge is 2.46. The minimum absolute atomic E-state index is 0.114. The number of hydrogen-bond acceptors (Lipinski definition) is 14. The highest BCUT2D eigenvalue weighted by molar-refractivity contribution is 6.25. The van der Waals surface area contributed by atoms with E-state index in [2.05, 4.69) is 0 Å². The number of aliphatic hydroxyl groups excluding tert-OH is 4. The molecular formula is C30H26O14. The second-order valence-electron chi connectivity index (χ2n) is 10.3. The Morgan fingerprint density at radius 1 is 0.795 bits per heavy atom. The molecule has 0 saturated carbocycles. The van der Waals surface area contributed by atoms with Gasteiger partial charge in [0.25, 0.3) is 0 Å². The van der Waals surface area contributed by atoms with E-state index in [-0.39, 0.29) is 45.0 Å². The molecule has 0 amide bonds. The lowest BCUT2D eigenvalue weighted by Crippen LogP contribution is -2.55. The molecule has 2 aliphatic rings. The van der Waals surface area contributed by atoms with Gasteiger partial charge in [-0.25, -0.2) is 0 Å². The molecule has 1 saturated heterocycles. The average Bonchev–Trinajstić information content (AvgIpc) is 2.97. The maximum absolute atomic E-state index is 12.9. The maximum Gasteiger partial charge on any atom is 0.204 e. The molecule has 1 aliphatic heterocycles. The fourth-order valence-corrected chi connectivity index (χ4v) is 5.18. The number of ketones is 2. The molecule has 1 fully saturated rings. The van der Waals surface area contributed by atoms with E-state index in [9.17, 15) is 60.3 Å². The molecule has 6 rings (SSSR count). The van der Waals surface area contributed by atoms with Gasteiger partial charge in [-0.05, 0) is 25.1 Å². The van der Waals surface area contributed by atoms with Crippen molar-refractivity contribution in [2.75, 3.05) is 6.61 Å². The first-order valence-corrected chi connectivity index (χ1v) is 13.0. The predicted octanol–water partition coefficient (Wildman–Crippen LogP) is 1.00. The molecule has 14 nitrogen and oxygen atoms in total. The number of phenols is 5. The molecule has 14 heteroatoms. The molecule has 9 N–H and O–H groups in total. The monoisotopic (exact) mass is 610 g/mol. The van der Waals surface area contributed by atoms with Gasteiger partial charge in [0.2, 0.25) is 5.43 Å². The van der Waals surface area contributed by atoms with Crippen LogP contribution in [0.5, 0.6) is 28.7 Å². The zero-order chi connectivity index (χ0) is 32.2. The molecule has 0 spiro atoms. The summed E-state index contributed by atoms with van der Waals surface area (Å²) in [4.78, 5) is 36.0.